The number of hydrogen-bond donors (Lipinski definition) is 2. The normalized spacial score (nSPS) is 11.3. The molecule has 0 aromatic heterocycles. The summed E-state index contributed by atoms with van der Waals surface area (Å²) in [6, 6.07) is 7.36. The van der Waals surface area contributed by atoms with Gasteiger partial charge in [-0.15, -0.1) is 0 Å². The van der Waals surface area contributed by atoms with Crippen molar-refractivity contribution >= 4 is 21.6 Å². The molecule has 0 aliphatic heterocycles. The average Bonchev–Trinajstić information content (AvgIpc) is 2.32. The molecule has 0 aliphatic rings. The van der Waals surface area contributed by atoms with Crippen molar-refractivity contribution in [1.29, 1.82) is 0 Å². The number of nitrogens with one attached hydrogen (secondary N) is 2. The summed E-state index contributed by atoms with van der Waals surface area (Å²) in [6.45, 7) is 8.14. The lowest BCUT2D eigenvalue weighted by molar-refractivity contribution is 0.589. The quantitative estimate of drug-likeness (QED) is 0.795. The van der Waals surface area contributed by atoms with Crippen molar-refractivity contribution in [1.82, 2.24) is 4.72 Å². The molecule has 0 saturated carbocycles. The monoisotopic (exact) mass is 271 g/mol. The predicted molar refractivity (Wildman–Crippen MR) is 76.2 cm³/mol. The topological polar surface area (TPSA) is 61.4 Å². The van der Waals surface area contributed by atoms with Crippen LogP contribution in [-0.2, 0) is 10.2 Å². The van der Waals surface area contributed by atoms with Crippen molar-refractivity contribution in [2.24, 2.45) is 0 Å². The summed E-state index contributed by atoms with van der Waals surface area (Å²) < 4.78 is 27.8. The average molecular weight is 271 g/mol. The predicted octanol–water partition coefficient (Wildman–Crippen LogP) is 1.80. The number of hydrogen-bond acceptors (Lipinski definition) is 3. The van der Waals surface area contributed by atoms with Crippen molar-refractivity contribution in [3.63, 3.8) is 0 Å². The first-order valence-corrected chi connectivity index (χ1v) is 7.63. The Bertz CT molecular complexity index is 453. The Balaban J connectivity index is 2.77. The third-order valence-electron chi connectivity index (χ3n) is 2.58. The Morgan fingerprint density at radius 1 is 1.06 bits per heavy atom. The molecule has 0 amide bonds. The van der Waals surface area contributed by atoms with Crippen LogP contribution in [0.4, 0.5) is 11.4 Å². The van der Waals surface area contributed by atoms with Gasteiger partial charge in [0.2, 0.25) is 0 Å². The maximum Gasteiger partial charge on any atom is 0.299 e. The molecule has 102 valence electrons. The Kier molecular flexibility index (Phi) is 5.43. The van der Waals surface area contributed by atoms with Crippen LogP contribution in [-0.4, -0.2) is 28.1 Å². The van der Waals surface area contributed by atoms with Gasteiger partial charge in [0.1, 0.15) is 0 Å². The van der Waals surface area contributed by atoms with E-state index in [1.807, 2.05) is 12.1 Å². The van der Waals surface area contributed by atoms with Gasteiger partial charge >= 0.3 is 0 Å². The highest BCUT2D eigenvalue weighted by Crippen LogP contribution is 2.18. The van der Waals surface area contributed by atoms with E-state index in [0.29, 0.717) is 12.2 Å². The van der Waals surface area contributed by atoms with Crippen molar-refractivity contribution in [3.8, 4) is 0 Å². The van der Waals surface area contributed by atoms with Gasteiger partial charge in [-0.1, -0.05) is 6.92 Å². The van der Waals surface area contributed by atoms with Crippen molar-refractivity contribution in [2.75, 3.05) is 29.3 Å². The summed E-state index contributed by atoms with van der Waals surface area (Å²) in [6.07, 6.45) is 0. The Morgan fingerprint density at radius 2 is 1.61 bits per heavy atom. The minimum absolute atomic E-state index is 0.368. The highest BCUT2D eigenvalue weighted by atomic mass is 32.2. The number of nitrogens with zero attached hydrogens (tertiary/aromatic N) is 1. The zero-order valence-corrected chi connectivity index (χ0v) is 11.9. The van der Waals surface area contributed by atoms with Gasteiger partial charge in [0, 0.05) is 31.0 Å². The number of rotatable bonds is 7. The van der Waals surface area contributed by atoms with Crippen molar-refractivity contribution in [3.05, 3.63) is 24.3 Å². The zero-order valence-electron chi connectivity index (χ0n) is 11.1. The second-order valence-electron chi connectivity index (χ2n) is 3.82. The molecule has 1 rings (SSSR count). The summed E-state index contributed by atoms with van der Waals surface area (Å²) in [5.41, 5.74) is 1.65. The van der Waals surface area contributed by atoms with E-state index in [0.717, 1.165) is 18.8 Å². The number of benzene rings is 1. The van der Waals surface area contributed by atoms with Gasteiger partial charge in [0.25, 0.3) is 10.2 Å². The van der Waals surface area contributed by atoms with Gasteiger partial charge < -0.3 is 4.90 Å². The fourth-order valence-electron chi connectivity index (χ4n) is 1.71. The highest BCUT2D eigenvalue weighted by molar-refractivity contribution is 7.90. The molecule has 1 aromatic carbocycles. The van der Waals surface area contributed by atoms with Gasteiger partial charge in [-0.3, -0.25) is 4.72 Å². The van der Waals surface area contributed by atoms with E-state index < -0.39 is 10.2 Å². The van der Waals surface area contributed by atoms with Crippen LogP contribution in [0.2, 0.25) is 0 Å². The molecule has 18 heavy (non-hydrogen) atoms. The molecule has 0 spiro atoms. The van der Waals surface area contributed by atoms with E-state index in [1.54, 1.807) is 19.1 Å². The van der Waals surface area contributed by atoms with Gasteiger partial charge in [-0.05, 0) is 38.1 Å². The van der Waals surface area contributed by atoms with Gasteiger partial charge in [-0.25, -0.2) is 0 Å². The Morgan fingerprint density at radius 3 is 2.06 bits per heavy atom. The minimum atomic E-state index is -3.44. The lowest BCUT2D eigenvalue weighted by Crippen LogP contribution is -2.29. The van der Waals surface area contributed by atoms with Crippen LogP contribution in [0.5, 0.6) is 0 Å². The minimum Gasteiger partial charge on any atom is -0.372 e. The summed E-state index contributed by atoms with van der Waals surface area (Å²) in [4.78, 5) is 2.20. The van der Waals surface area contributed by atoms with Crippen LogP contribution >= 0.6 is 0 Å². The van der Waals surface area contributed by atoms with Gasteiger partial charge in [0.15, 0.2) is 0 Å². The standard InChI is InChI=1S/C12H21N3O2S/c1-4-13-18(16,17)14-11-7-9-12(10-8-11)15(5-2)6-3/h7-10,13-14H,4-6H2,1-3H3. The largest absolute Gasteiger partial charge is 0.372 e. The summed E-state index contributed by atoms with van der Waals surface area (Å²) in [5.74, 6) is 0. The molecule has 2 N–H and O–H groups in total. The van der Waals surface area contributed by atoms with Crippen molar-refractivity contribution < 1.29 is 8.42 Å². The molecule has 1 aromatic rings. The van der Waals surface area contributed by atoms with E-state index in [1.165, 1.54) is 0 Å². The number of anilines is 2. The molecular weight excluding hydrogens is 250 g/mol. The highest BCUT2D eigenvalue weighted by Gasteiger charge is 2.08. The third kappa shape index (κ3) is 4.19. The van der Waals surface area contributed by atoms with E-state index in [2.05, 4.69) is 28.2 Å². The van der Waals surface area contributed by atoms with Crippen molar-refractivity contribution in [2.45, 2.75) is 20.8 Å². The summed E-state index contributed by atoms with van der Waals surface area (Å²) >= 11 is 0. The maximum atomic E-state index is 11.5. The zero-order chi connectivity index (χ0) is 13.6. The van der Waals surface area contributed by atoms with E-state index >= 15 is 0 Å². The SMILES string of the molecule is CCNS(=O)(=O)Nc1ccc(N(CC)CC)cc1. The van der Waals surface area contributed by atoms with Crippen LogP contribution < -0.4 is 14.3 Å². The van der Waals surface area contributed by atoms with Crippen LogP contribution in [0.15, 0.2) is 24.3 Å². The lowest BCUT2D eigenvalue weighted by atomic mass is 10.2. The third-order valence-corrected chi connectivity index (χ3v) is 3.76. The molecule has 5 nitrogen and oxygen atoms in total. The molecule has 6 heteroatoms. The molecule has 0 unspecified atom stereocenters. The molecule has 0 aliphatic carbocycles. The molecule has 0 saturated heterocycles. The Labute approximate surface area is 109 Å². The Hall–Kier alpha value is -1.27. The summed E-state index contributed by atoms with van der Waals surface area (Å²) in [7, 11) is -3.44. The first kappa shape index (κ1) is 14.8. The molecule has 0 bridgehead atoms. The molecule has 0 atom stereocenters. The molecule has 0 fully saturated rings. The first-order chi connectivity index (χ1) is 8.52. The van der Waals surface area contributed by atoms with Crippen LogP contribution in [0.3, 0.4) is 0 Å². The van der Waals surface area contributed by atoms with Gasteiger partial charge in [0.05, 0.1) is 0 Å². The molecule has 0 radical (unpaired) electrons. The molecule has 0 heterocycles. The first-order valence-electron chi connectivity index (χ1n) is 6.14. The van der Waals surface area contributed by atoms with Crippen LogP contribution in [0.25, 0.3) is 0 Å². The second kappa shape index (κ2) is 6.61. The maximum absolute atomic E-state index is 11.5. The summed E-state index contributed by atoms with van der Waals surface area (Å²) in [5, 5.41) is 0. The van der Waals surface area contributed by atoms with E-state index in [-0.39, 0.29) is 0 Å². The fraction of sp³-hybridized carbons (Fsp3) is 0.500. The van der Waals surface area contributed by atoms with Crippen LogP contribution in [0.1, 0.15) is 20.8 Å². The lowest BCUT2D eigenvalue weighted by Gasteiger charge is -2.21. The fourth-order valence-corrected chi connectivity index (χ4v) is 2.61. The smallest absolute Gasteiger partial charge is 0.299 e. The molecular formula is C12H21N3O2S. The second-order valence-corrected chi connectivity index (χ2v) is 5.32. The van der Waals surface area contributed by atoms with E-state index in [9.17, 15) is 8.42 Å². The van der Waals surface area contributed by atoms with Crippen LogP contribution in [0, 0.1) is 0 Å². The van der Waals surface area contributed by atoms with Gasteiger partial charge in [-0.2, -0.15) is 13.1 Å². The van der Waals surface area contributed by atoms with E-state index in [4.69, 9.17) is 0 Å².